The highest BCUT2D eigenvalue weighted by Gasteiger charge is 2.32. The average Bonchev–Trinajstić information content (AvgIpc) is 3.31. The highest BCUT2D eigenvalue weighted by Crippen LogP contribution is 2.40. The van der Waals surface area contributed by atoms with Crippen molar-refractivity contribution in [1.82, 2.24) is 4.57 Å². The summed E-state index contributed by atoms with van der Waals surface area (Å²) in [6.07, 6.45) is 4.87. The SMILES string of the molecule is Cc1c([C@H](CC2CCCC2)C(=O)O)c2cc(O)ccc2n1C(=O)c1cccc(Cl)c1. The Morgan fingerprint density at radius 3 is 2.57 bits per heavy atom. The molecular formula is C24H24ClNO4. The second kappa shape index (κ2) is 8.15. The van der Waals surface area contributed by atoms with Crippen LogP contribution in [0.3, 0.4) is 0 Å². The predicted molar refractivity (Wildman–Crippen MR) is 116 cm³/mol. The van der Waals surface area contributed by atoms with E-state index in [-0.39, 0.29) is 11.7 Å². The number of phenols is 1. The van der Waals surface area contributed by atoms with Gasteiger partial charge in [0, 0.05) is 21.7 Å². The fourth-order valence-corrected chi connectivity index (χ4v) is 4.99. The summed E-state index contributed by atoms with van der Waals surface area (Å²) in [5, 5.41) is 21.2. The smallest absolute Gasteiger partial charge is 0.311 e. The molecule has 0 unspecified atom stereocenters. The number of carbonyl (C=O) groups excluding carboxylic acids is 1. The van der Waals surface area contributed by atoms with E-state index in [0.29, 0.717) is 45.1 Å². The van der Waals surface area contributed by atoms with Crippen LogP contribution in [0.1, 0.15) is 59.6 Å². The van der Waals surface area contributed by atoms with Crippen molar-refractivity contribution >= 4 is 34.4 Å². The molecule has 0 bridgehead atoms. The number of rotatable bonds is 5. The molecule has 4 rings (SSSR count). The van der Waals surface area contributed by atoms with Crippen molar-refractivity contribution in [2.24, 2.45) is 5.92 Å². The minimum atomic E-state index is -0.900. The molecule has 0 saturated heterocycles. The third-order valence-corrected chi connectivity index (χ3v) is 6.44. The van der Waals surface area contributed by atoms with Gasteiger partial charge < -0.3 is 10.2 Å². The summed E-state index contributed by atoms with van der Waals surface area (Å²) in [6.45, 7) is 1.78. The Balaban J connectivity index is 1.89. The third kappa shape index (κ3) is 3.70. The van der Waals surface area contributed by atoms with E-state index in [4.69, 9.17) is 11.6 Å². The minimum absolute atomic E-state index is 0.0427. The maximum atomic E-state index is 13.4. The zero-order valence-corrected chi connectivity index (χ0v) is 17.5. The van der Waals surface area contributed by atoms with Gasteiger partial charge in [-0.25, -0.2) is 0 Å². The van der Waals surface area contributed by atoms with E-state index in [1.54, 1.807) is 47.9 Å². The van der Waals surface area contributed by atoms with Gasteiger partial charge in [0.1, 0.15) is 5.75 Å². The number of aliphatic carboxylic acids is 1. The summed E-state index contributed by atoms with van der Waals surface area (Å²) in [5.41, 5.74) is 2.20. The van der Waals surface area contributed by atoms with Gasteiger partial charge >= 0.3 is 5.97 Å². The van der Waals surface area contributed by atoms with E-state index < -0.39 is 11.9 Å². The summed E-state index contributed by atoms with van der Waals surface area (Å²) in [7, 11) is 0. The average molecular weight is 426 g/mol. The number of hydrogen-bond donors (Lipinski definition) is 2. The van der Waals surface area contributed by atoms with Crippen LogP contribution in [-0.2, 0) is 4.79 Å². The number of hydrogen-bond acceptors (Lipinski definition) is 3. The number of benzene rings is 2. The van der Waals surface area contributed by atoms with E-state index >= 15 is 0 Å². The first-order valence-corrected chi connectivity index (χ1v) is 10.6. The van der Waals surface area contributed by atoms with Crippen molar-refractivity contribution in [3.05, 3.63) is 64.3 Å². The van der Waals surface area contributed by atoms with E-state index in [9.17, 15) is 19.8 Å². The van der Waals surface area contributed by atoms with Gasteiger partial charge in [0.05, 0.1) is 11.4 Å². The fourth-order valence-electron chi connectivity index (χ4n) is 4.80. The number of aromatic nitrogens is 1. The Morgan fingerprint density at radius 1 is 1.17 bits per heavy atom. The monoisotopic (exact) mass is 425 g/mol. The molecule has 1 saturated carbocycles. The minimum Gasteiger partial charge on any atom is -0.508 e. The van der Waals surface area contributed by atoms with Gasteiger partial charge in [-0.2, -0.15) is 0 Å². The molecule has 30 heavy (non-hydrogen) atoms. The number of carbonyl (C=O) groups is 2. The highest BCUT2D eigenvalue weighted by molar-refractivity contribution is 6.31. The number of carboxylic acid groups (broad SMARTS) is 1. The second-order valence-electron chi connectivity index (χ2n) is 8.13. The summed E-state index contributed by atoms with van der Waals surface area (Å²) < 4.78 is 1.54. The first-order valence-electron chi connectivity index (χ1n) is 10.2. The van der Waals surface area contributed by atoms with Crippen molar-refractivity contribution in [1.29, 1.82) is 0 Å². The molecule has 1 aliphatic carbocycles. The van der Waals surface area contributed by atoms with Crippen LogP contribution in [0.2, 0.25) is 5.02 Å². The molecule has 1 aromatic heterocycles. The lowest BCUT2D eigenvalue weighted by molar-refractivity contribution is -0.139. The number of fused-ring (bicyclic) bond motifs is 1. The van der Waals surface area contributed by atoms with Gasteiger partial charge in [-0.15, -0.1) is 0 Å². The third-order valence-electron chi connectivity index (χ3n) is 6.20. The Kier molecular flexibility index (Phi) is 5.56. The quantitative estimate of drug-likeness (QED) is 0.545. The summed E-state index contributed by atoms with van der Waals surface area (Å²) in [6, 6.07) is 11.4. The molecule has 5 nitrogen and oxygen atoms in total. The Morgan fingerprint density at radius 2 is 1.90 bits per heavy atom. The number of halogens is 1. The first-order chi connectivity index (χ1) is 14.4. The van der Waals surface area contributed by atoms with E-state index in [1.807, 2.05) is 0 Å². The molecule has 0 spiro atoms. The number of carboxylic acids is 1. The summed E-state index contributed by atoms with van der Waals surface area (Å²) in [5.74, 6) is -1.50. The first kappa shape index (κ1) is 20.5. The van der Waals surface area contributed by atoms with Crippen LogP contribution in [0.15, 0.2) is 42.5 Å². The van der Waals surface area contributed by atoms with Crippen LogP contribution in [0.5, 0.6) is 5.75 Å². The number of phenolic OH excluding ortho intramolecular Hbond substituents is 1. The topological polar surface area (TPSA) is 79.5 Å². The molecule has 6 heteroatoms. The van der Waals surface area contributed by atoms with Crippen LogP contribution in [0, 0.1) is 12.8 Å². The van der Waals surface area contributed by atoms with Gasteiger partial charge in [0.15, 0.2) is 0 Å². The highest BCUT2D eigenvalue weighted by atomic mass is 35.5. The lowest BCUT2D eigenvalue weighted by Crippen LogP contribution is -2.18. The lowest BCUT2D eigenvalue weighted by atomic mass is 9.86. The van der Waals surface area contributed by atoms with Gasteiger partial charge in [0.2, 0.25) is 0 Å². The zero-order chi connectivity index (χ0) is 21.4. The van der Waals surface area contributed by atoms with Gasteiger partial charge in [-0.3, -0.25) is 14.2 Å². The van der Waals surface area contributed by atoms with Crippen LogP contribution in [-0.4, -0.2) is 26.7 Å². The Bertz CT molecular complexity index is 1130. The van der Waals surface area contributed by atoms with E-state index in [2.05, 4.69) is 0 Å². The molecule has 0 radical (unpaired) electrons. The molecule has 0 aliphatic heterocycles. The molecule has 2 N–H and O–H groups in total. The van der Waals surface area contributed by atoms with Gasteiger partial charge in [0.25, 0.3) is 5.91 Å². The molecule has 156 valence electrons. The van der Waals surface area contributed by atoms with Crippen LogP contribution < -0.4 is 0 Å². The number of nitrogens with zero attached hydrogens (tertiary/aromatic N) is 1. The lowest BCUT2D eigenvalue weighted by Gasteiger charge is -2.18. The molecule has 1 atom stereocenters. The van der Waals surface area contributed by atoms with Crippen molar-refractivity contribution in [3.8, 4) is 5.75 Å². The molecule has 1 heterocycles. The summed E-state index contributed by atoms with van der Waals surface area (Å²) >= 11 is 6.08. The maximum Gasteiger partial charge on any atom is 0.311 e. The predicted octanol–water partition coefficient (Wildman–Crippen LogP) is 5.75. The molecule has 3 aromatic rings. The standard InChI is InChI=1S/C24H24ClNO4/c1-14-22(20(24(29)30)11-15-5-2-3-6-15)19-13-18(27)9-10-21(19)26(14)23(28)16-7-4-8-17(25)12-16/h4,7-10,12-13,15,20,27H,2-3,5-6,11H2,1H3,(H,29,30)/t20-/m0/s1. The molecule has 1 fully saturated rings. The number of aromatic hydroxyl groups is 1. The summed E-state index contributed by atoms with van der Waals surface area (Å²) in [4.78, 5) is 25.7. The maximum absolute atomic E-state index is 13.4. The van der Waals surface area contributed by atoms with Crippen LogP contribution in [0.25, 0.3) is 10.9 Å². The van der Waals surface area contributed by atoms with Gasteiger partial charge in [-0.05, 0) is 61.2 Å². The molecular weight excluding hydrogens is 402 g/mol. The fraction of sp³-hybridized carbons (Fsp3) is 0.333. The Labute approximate surface area is 179 Å². The van der Waals surface area contributed by atoms with E-state index in [1.165, 1.54) is 6.07 Å². The largest absolute Gasteiger partial charge is 0.508 e. The molecule has 0 amide bonds. The van der Waals surface area contributed by atoms with Crippen molar-refractivity contribution in [2.45, 2.75) is 44.9 Å². The molecule has 1 aliphatic rings. The zero-order valence-electron chi connectivity index (χ0n) is 16.8. The van der Waals surface area contributed by atoms with E-state index in [0.717, 1.165) is 25.7 Å². The van der Waals surface area contributed by atoms with Crippen LogP contribution in [0.4, 0.5) is 0 Å². The van der Waals surface area contributed by atoms with Gasteiger partial charge in [-0.1, -0.05) is 43.4 Å². The normalized spacial score (nSPS) is 15.5. The van der Waals surface area contributed by atoms with Crippen molar-refractivity contribution < 1.29 is 19.8 Å². The van der Waals surface area contributed by atoms with Crippen LogP contribution >= 0.6 is 11.6 Å². The molecule has 2 aromatic carbocycles. The second-order valence-corrected chi connectivity index (χ2v) is 8.56. The van der Waals surface area contributed by atoms with Crippen molar-refractivity contribution in [3.63, 3.8) is 0 Å². The Hall–Kier alpha value is -2.79. The van der Waals surface area contributed by atoms with Crippen molar-refractivity contribution in [2.75, 3.05) is 0 Å².